The Morgan fingerprint density at radius 2 is 1.68 bits per heavy atom. The topological polar surface area (TPSA) is 143 Å². The van der Waals surface area contributed by atoms with E-state index in [0.717, 1.165) is 32.1 Å². The van der Waals surface area contributed by atoms with Gasteiger partial charge in [0.25, 0.3) is 5.76 Å². The Labute approximate surface area is 185 Å². The number of cyclic esters (lactones) is 1. The highest BCUT2D eigenvalue weighted by Gasteiger charge is 2.44. The molecule has 1 heterocycles. The first kappa shape index (κ1) is 27.9. The van der Waals surface area contributed by atoms with Crippen LogP contribution in [-0.2, 0) is 23.1 Å². The zero-order valence-electron chi connectivity index (χ0n) is 18.9. The SMILES string of the molecule is CCCCCCCCCC(OP(=O)(O)OC1=C(O)[C@@H](C(O)CO)OC1=O)C(C)CCC. The lowest BCUT2D eigenvalue weighted by Crippen LogP contribution is -2.31. The molecule has 0 fully saturated rings. The van der Waals surface area contributed by atoms with Crippen molar-refractivity contribution in [1.82, 2.24) is 0 Å². The number of carbonyl (C=O) groups is 1. The minimum atomic E-state index is -4.75. The lowest BCUT2D eigenvalue weighted by Gasteiger charge is -2.26. The fourth-order valence-electron chi connectivity index (χ4n) is 3.59. The van der Waals surface area contributed by atoms with Crippen LogP contribution in [0.5, 0.6) is 0 Å². The van der Waals surface area contributed by atoms with Crippen LogP contribution >= 0.6 is 7.82 Å². The van der Waals surface area contributed by atoms with E-state index in [-0.39, 0.29) is 5.92 Å². The van der Waals surface area contributed by atoms with Crippen LogP contribution in [0, 0.1) is 5.92 Å². The van der Waals surface area contributed by atoms with E-state index in [1.807, 2.05) is 13.8 Å². The van der Waals surface area contributed by atoms with E-state index in [2.05, 4.69) is 6.92 Å². The van der Waals surface area contributed by atoms with Crippen molar-refractivity contribution in [3.8, 4) is 0 Å². The predicted molar refractivity (Wildman–Crippen MR) is 115 cm³/mol. The van der Waals surface area contributed by atoms with Crippen LogP contribution in [0.15, 0.2) is 11.5 Å². The molecule has 0 bridgehead atoms. The summed E-state index contributed by atoms with van der Waals surface area (Å²) in [5, 5.41) is 28.6. The molecule has 0 aromatic heterocycles. The van der Waals surface area contributed by atoms with Crippen LogP contribution in [0.2, 0.25) is 0 Å². The van der Waals surface area contributed by atoms with Crippen molar-refractivity contribution >= 4 is 13.8 Å². The molecule has 1 aliphatic rings. The molecule has 5 atom stereocenters. The van der Waals surface area contributed by atoms with Crippen molar-refractivity contribution in [3.63, 3.8) is 0 Å². The number of aliphatic hydroxyl groups excluding tert-OH is 3. The van der Waals surface area contributed by atoms with Gasteiger partial charge in [-0.3, -0.25) is 9.42 Å². The molecule has 0 spiro atoms. The lowest BCUT2D eigenvalue weighted by molar-refractivity contribution is -0.147. The van der Waals surface area contributed by atoms with E-state index in [9.17, 15) is 24.5 Å². The highest BCUT2D eigenvalue weighted by atomic mass is 31.2. The largest absolute Gasteiger partial charge is 0.528 e. The second kappa shape index (κ2) is 14.1. The van der Waals surface area contributed by atoms with Gasteiger partial charge in [-0.2, -0.15) is 0 Å². The molecule has 4 N–H and O–H groups in total. The first-order chi connectivity index (χ1) is 14.7. The van der Waals surface area contributed by atoms with Crippen molar-refractivity contribution in [2.75, 3.05) is 6.61 Å². The molecule has 0 saturated heterocycles. The normalized spacial score (nSPS) is 21.5. The average Bonchev–Trinajstić information content (AvgIpc) is 2.99. The number of ether oxygens (including phenoxy) is 1. The smallest absolute Gasteiger partial charge is 0.505 e. The van der Waals surface area contributed by atoms with Crippen molar-refractivity contribution < 1.29 is 43.4 Å². The molecule has 31 heavy (non-hydrogen) atoms. The molecule has 4 unspecified atom stereocenters. The number of phosphoric ester groups is 1. The minimum Gasteiger partial charge on any atom is -0.505 e. The van der Waals surface area contributed by atoms with Gasteiger partial charge < -0.3 is 24.6 Å². The quantitative estimate of drug-likeness (QED) is 0.141. The summed E-state index contributed by atoms with van der Waals surface area (Å²) in [5.41, 5.74) is 0. The van der Waals surface area contributed by atoms with Crippen LogP contribution in [0.1, 0.15) is 85.0 Å². The van der Waals surface area contributed by atoms with E-state index < -0.39 is 50.2 Å². The third-order valence-corrected chi connectivity index (χ3v) is 6.35. The Morgan fingerprint density at radius 3 is 2.26 bits per heavy atom. The molecule has 0 aromatic rings. The number of hydrogen-bond acceptors (Lipinski definition) is 8. The summed E-state index contributed by atoms with van der Waals surface area (Å²) in [4.78, 5) is 22.1. The highest BCUT2D eigenvalue weighted by molar-refractivity contribution is 7.47. The lowest BCUT2D eigenvalue weighted by atomic mass is 9.95. The number of rotatable bonds is 17. The van der Waals surface area contributed by atoms with Gasteiger partial charge in [-0.15, -0.1) is 0 Å². The fraction of sp³-hybridized carbons (Fsp3) is 0.857. The zero-order chi connectivity index (χ0) is 23.4. The van der Waals surface area contributed by atoms with E-state index >= 15 is 0 Å². The Balaban J connectivity index is 2.72. The standard InChI is InChI=1S/C21H39O9P/c1-4-6-7-8-9-10-11-13-17(15(3)12-5-2)29-31(26,27)30-20-18(24)19(16(23)14-22)28-21(20)25/h15-17,19,22-24H,4-14H2,1-3H3,(H,26,27)/t15?,16?,17?,19-/m1/s1. The first-order valence-electron chi connectivity index (χ1n) is 11.3. The molecule has 1 rings (SSSR count). The summed E-state index contributed by atoms with van der Waals surface area (Å²) >= 11 is 0. The minimum absolute atomic E-state index is 0.00349. The van der Waals surface area contributed by atoms with Crippen molar-refractivity contribution in [2.24, 2.45) is 5.92 Å². The van der Waals surface area contributed by atoms with E-state index in [4.69, 9.17) is 18.9 Å². The Kier molecular flexibility index (Phi) is 12.7. The van der Waals surface area contributed by atoms with Gasteiger partial charge in [-0.05, 0) is 18.8 Å². The van der Waals surface area contributed by atoms with Crippen molar-refractivity contribution in [1.29, 1.82) is 0 Å². The van der Waals surface area contributed by atoms with Crippen LogP contribution in [-0.4, -0.2) is 51.1 Å². The fourth-order valence-corrected chi connectivity index (χ4v) is 4.69. The molecule has 0 saturated carbocycles. The molecular weight excluding hydrogens is 427 g/mol. The number of esters is 1. The summed E-state index contributed by atoms with van der Waals surface area (Å²) in [7, 11) is -4.75. The molecule has 9 nitrogen and oxygen atoms in total. The second-order valence-electron chi connectivity index (χ2n) is 8.17. The van der Waals surface area contributed by atoms with E-state index in [1.165, 1.54) is 25.7 Å². The summed E-state index contributed by atoms with van der Waals surface area (Å²) in [6.45, 7) is 5.34. The van der Waals surface area contributed by atoms with Gasteiger partial charge >= 0.3 is 13.8 Å². The zero-order valence-corrected chi connectivity index (χ0v) is 19.8. The maximum atomic E-state index is 12.6. The molecule has 0 aromatic carbocycles. The highest BCUT2D eigenvalue weighted by Crippen LogP contribution is 2.50. The average molecular weight is 467 g/mol. The summed E-state index contributed by atoms with van der Waals surface area (Å²) < 4.78 is 27.5. The van der Waals surface area contributed by atoms with E-state index in [0.29, 0.717) is 6.42 Å². The van der Waals surface area contributed by atoms with Gasteiger partial charge in [0, 0.05) is 0 Å². The van der Waals surface area contributed by atoms with Crippen LogP contribution in [0.4, 0.5) is 0 Å². The summed E-state index contributed by atoms with van der Waals surface area (Å²) in [6.07, 6.45) is 6.29. The Morgan fingerprint density at radius 1 is 1.06 bits per heavy atom. The van der Waals surface area contributed by atoms with Crippen LogP contribution < -0.4 is 0 Å². The Hall–Kier alpha value is -1.12. The number of phosphoric acid groups is 1. The van der Waals surface area contributed by atoms with Gasteiger partial charge in [0.1, 0.15) is 6.10 Å². The van der Waals surface area contributed by atoms with Gasteiger partial charge in [0.2, 0.25) is 0 Å². The van der Waals surface area contributed by atoms with Gasteiger partial charge in [-0.1, -0.05) is 72.1 Å². The van der Waals surface area contributed by atoms with E-state index in [1.54, 1.807) is 0 Å². The first-order valence-corrected chi connectivity index (χ1v) is 12.8. The van der Waals surface area contributed by atoms with Crippen molar-refractivity contribution in [2.45, 2.75) is 103 Å². The summed E-state index contributed by atoms with van der Waals surface area (Å²) in [6, 6.07) is 0. The van der Waals surface area contributed by atoms with Crippen molar-refractivity contribution in [3.05, 3.63) is 11.5 Å². The molecule has 10 heteroatoms. The van der Waals surface area contributed by atoms with Crippen LogP contribution in [0.3, 0.4) is 0 Å². The predicted octanol–water partition coefficient (Wildman–Crippen LogP) is 4.11. The number of carbonyl (C=O) groups excluding carboxylic acids is 1. The molecule has 0 radical (unpaired) electrons. The number of hydrogen-bond donors (Lipinski definition) is 4. The van der Waals surface area contributed by atoms with Gasteiger partial charge in [0.15, 0.2) is 11.9 Å². The van der Waals surface area contributed by atoms with Crippen LogP contribution in [0.25, 0.3) is 0 Å². The molecule has 0 amide bonds. The molecule has 182 valence electrons. The van der Waals surface area contributed by atoms with Gasteiger partial charge in [-0.25, -0.2) is 9.36 Å². The number of aliphatic hydroxyl groups is 3. The third kappa shape index (κ3) is 9.49. The third-order valence-electron chi connectivity index (χ3n) is 5.40. The van der Waals surface area contributed by atoms with Gasteiger partial charge in [0.05, 0.1) is 12.7 Å². The second-order valence-corrected chi connectivity index (χ2v) is 9.50. The molecule has 0 aliphatic carbocycles. The monoisotopic (exact) mass is 466 g/mol. The maximum absolute atomic E-state index is 12.6. The molecule has 1 aliphatic heterocycles. The molecular formula is C21H39O9P. The summed E-state index contributed by atoms with van der Waals surface area (Å²) in [5.74, 6) is -2.95. The maximum Gasteiger partial charge on any atom is 0.528 e. The number of unbranched alkanes of at least 4 members (excludes halogenated alkanes) is 6. The Bertz CT molecular complexity index is 622.